The molecule has 32 heavy (non-hydrogen) atoms. The van der Waals surface area contributed by atoms with Crippen molar-refractivity contribution in [3.8, 4) is 0 Å². The third-order valence-corrected chi connectivity index (χ3v) is 5.79. The normalized spacial score (nSPS) is 18.7. The standard InChI is InChI=1S/C26H32N4O2/c1-26(2,3)32-25(31)30-18-21(20-14-8-5-9-15-20)17-22(30)24-27-23(28-29-24)16-10-13-19-11-6-4-7-12-19/h4-9,11-12,14-15,21-22H,10,13,16-18H2,1-3H3,(H,27,28,29)/t21-,22+/m1/s1. The van der Waals surface area contributed by atoms with Crippen molar-refractivity contribution < 1.29 is 9.53 Å². The van der Waals surface area contributed by atoms with E-state index in [9.17, 15) is 4.79 Å². The molecule has 2 atom stereocenters. The minimum absolute atomic E-state index is 0.176. The fraction of sp³-hybridized carbons (Fsp3) is 0.423. The zero-order chi connectivity index (χ0) is 22.6. The molecular weight excluding hydrogens is 400 g/mol. The van der Waals surface area contributed by atoms with Crippen molar-refractivity contribution in [3.05, 3.63) is 83.4 Å². The van der Waals surface area contributed by atoms with Gasteiger partial charge in [0.1, 0.15) is 11.4 Å². The number of amides is 1. The molecule has 3 aromatic rings. The van der Waals surface area contributed by atoms with E-state index in [1.54, 1.807) is 4.90 Å². The average Bonchev–Trinajstić information content (AvgIpc) is 3.41. The molecule has 1 N–H and O–H groups in total. The number of benzene rings is 2. The Balaban J connectivity index is 1.47. The summed E-state index contributed by atoms with van der Waals surface area (Å²) >= 11 is 0. The zero-order valence-corrected chi connectivity index (χ0v) is 19.1. The molecule has 1 fully saturated rings. The van der Waals surface area contributed by atoms with Crippen LogP contribution in [-0.4, -0.2) is 38.3 Å². The highest BCUT2D eigenvalue weighted by Gasteiger charge is 2.40. The van der Waals surface area contributed by atoms with Crippen LogP contribution in [0.5, 0.6) is 0 Å². The van der Waals surface area contributed by atoms with Crippen molar-refractivity contribution in [2.75, 3.05) is 6.54 Å². The summed E-state index contributed by atoms with van der Waals surface area (Å²) in [6.45, 7) is 6.28. The minimum atomic E-state index is -0.545. The van der Waals surface area contributed by atoms with Gasteiger partial charge < -0.3 is 9.72 Å². The summed E-state index contributed by atoms with van der Waals surface area (Å²) in [7, 11) is 0. The number of hydrogen-bond acceptors (Lipinski definition) is 4. The number of carbonyl (C=O) groups excluding carboxylic acids is 1. The molecular formula is C26H32N4O2. The number of aromatic amines is 1. The summed E-state index contributed by atoms with van der Waals surface area (Å²) in [5, 5.41) is 8.80. The van der Waals surface area contributed by atoms with Crippen LogP contribution in [0.4, 0.5) is 4.79 Å². The fourth-order valence-corrected chi connectivity index (χ4v) is 4.26. The summed E-state index contributed by atoms with van der Waals surface area (Å²) in [4.78, 5) is 18.2. The first-order valence-electron chi connectivity index (χ1n) is 11.4. The summed E-state index contributed by atoms with van der Waals surface area (Å²) in [6.07, 6.45) is 3.31. The molecule has 1 aliphatic heterocycles. The Hall–Kier alpha value is -3.15. The number of carbonyl (C=O) groups is 1. The van der Waals surface area contributed by atoms with Crippen molar-refractivity contribution in [2.45, 2.75) is 64.0 Å². The predicted molar refractivity (Wildman–Crippen MR) is 124 cm³/mol. The number of nitrogens with one attached hydrogen (secondary N) is 1. The van der Waals surface area contributed by atoms with Crippen molar-refractivity contribution in [2.24, 2.45) is 0 Å². The van der Waals surface area contributed by atoms with E-state index in [2.05, 4.69) is 51.6 Å². The summed E-state index contributed by atoms with van der Waals surface area (Å²) in [5.74, 6) is 1.84. The van der Waals surface area contributed by atoms with Gasteiger partial charge in [0.25, 0.3) is 0 Å². The van der Waals surface area contributed by atoms with Gasteiger partial charge in [-0.15, -0.1) is 10.2 Å². The Morgan fingerprint density at radius 3 is 2.41 bits per heavy atom. The SMILES string of the molecule is CC(C)(C)OC(=O)N1C[C@H](c2ccccc2)C[C@H]1c1nnc(CCCc2ccccc2)[nH]1. The number of nitrogens with zero attached hydrogens (tertiary/aromatic N) is 3. The second kappa shape index (κ2) is 9.55. The van der Waals surface area contributed by atoms with Gasteiger partial charge in [0.05, 0.1) is 6.04 Å². The Bertz CT molecular complexity index is 1010. The Morgan fingerprint density at radius 1 is 1.03 bits per heavy atom. The molecule has 0 spiro atoms. The van der Waals surface area contributed by atoms with Crippen LogP contribution in [0.3, 0.4) is 0 Å². The minimum Gasteiger partial charge on any atom is -0.444 e. The Morgan fingerprint density at radius 2 is 1.72 bits per heavy atom. The number of likely N-dealkylation sites (tertiary alicyclic amines) is 1. The van der Waals surface area contributed by atoms with Crippen molar-refractivity contribution in [3.63, 3.8) is 0 Å². The summed E-state index contributed by atoms with van der Waals surface area (Å²) in [5.41, 5.74) is 2.01. The van der Waals surface area contributed by atoms with E-state index in [0.717, 1.165) is 37.3 Å². The first-order valence-corrected chi connectivity index (χ1v) is 11.4. The monoisotopic (exact) mass is 432 g/mol. The lowest BCUT2D eigenvalue weighted by Gasteiger charge is -2.27. The highest BCUT2D eigenvalue weighted by Crippen LogP contribution is 2.40. The van der Waals surface area contributed by atoms with Crippen molar-refractivity contribution in [1.29, 1.82) is 0 Å². The van der Waals surface area contributed by atoms with Gasteiger partial charge in [-0.25, -0.2) is 4.79 Å². The molecule has 1 saturated heterocycles. The molecule has 1 aliphatic rings. The maximum Gasteiger partial charge on any atom is 0.410 e. The van der Waals surface area contributed by atoms with Crippen LogP contribution >= 0.6 is 0 Å². The topological polar surface area (TPSA) is 71.1 Å². The molecule has 1 aromatic heterocycles. The van der Waals surface area contributed by atoms with E-state index in [0.29, 0.717) is 6.54 Å². The second-order valence-electron chi connectivity index (χ2n) is 9.49. The van der Waals surface area contributed by atoms with E-state index in [1.807, 2.05) is 45.0 Å². The van der Waals surface area contributed by atoms with Crippen LogP contribution in [0, 0.1) is 0 Å². The number of hydrogen-bond donors (Lipinski definition) is 1. The zero-order valence-electron chi connectivity index (χ0n) is 19.1. The van der Waals surface area contributed by atoms with E-state index in [1.165, 1.54) is 11.1 Å². The summed E-state index contributed by atoms with van der Waals surface area (Å²) < 4.78 is 5.70. The van der Waals surface area contributed by atoms with Gasteiger partial charge in [0, 0.05) is 18.9 Å². The van der Waals surface area contributed by atoms with Gasteiger partial charge in [-0.05, 0) is 51.2 Å². The molecule has 2 aromatic carbocycles. The van der Waals surface area contributed by atoms with E-state index in [-0.39, 0.29) is 18.1 Å². The van der Waals surface area contributed by atoms with Crippen LogP contribution < -0.4 is 0 Å². The van der Waals surface area contributed by atoms with Gasteiger partial charge in [0.15, 0.2) is 5.82 Å². The second-order valence-corrected chi connectivity index (χ2v) is 9.49. The third-order valence-electron chi connectivity index (χ3n) is 5.79. The lowest BCUT2D eigenvalue weighted by molar-refractivity contribution is 0.0216. The van der Waals surface area contributed by atoms with Crippen LogP contribution in [-0.2, 0) is 17.6 Å². The molecule has 0 aliphatic carbocycles. The van der Waals surface area contributed by atoms with Crippen LogP contribution in [0.15, 0.2) is 60.7 Å². The van der Waals surface area contributed by atoms with Gasteiger partial charge in [0.2, 0.25) is 0 Å². The Labute approximate surface area is 190 Å². The van der Waals surface area contributed by atoms with E-state index in [4.69, 9.17) is 4.74 Å². The predicted octanol–water partition coefficient (Wildman–Crippen LogP) is 5.45. The summed E-state index contributed by atoms with van der Waals surface area (Å²) in [6, 6.07) is 20.6. The van der Waals surface area contributed by atoms with Crippen LogP contribution in [0.1, 0.15) is 68.3 Å². The van der Waals surface area contributed by atoms with Gasteiger partial charge >= 0.3 is 6.09 Å². The number of ether oxygens (including phenoxy) is 1. The molecule has 0 bridgehead atoms. The number of H-pyrrole nitrogens is 1. The molecule has 4 rings (SSSR count). The lowest BCUT2D eigenvalue weighted by Crippen LogP contribution is -2.37. The maximum absolute atomic E-state index is 13.0. The maximum atomic E-state index is 13.0. The molecule has 6 heteroatoms. The quantitative estimate of drug-likeness (QED) is 0.563. The lowest BCUT2D eigenvalue weighted by atomic mass is 9.96. The van der Waals surface area contributed by atoms with Crippen molar-refractivity contribution >= 4 is 6.09 Å². The van der Waals surface area contributed by atoms with E-state index >= 15 is 0 Å². The molecule has 168 valence electrons. The first kappa shape index (κ1) is 22.1. The molecule has 1 amide bonds. The largest absolute Gasteiger partial charge is 0.444 e. The van der Waals surface area contributed by atoms with Gasteiger partial charge in [-0.2, -0.15) is 0 Å². The molecule has 6 nitrogen and oxygen atoms in total. The molecule has 0 radical (unpaired) electrons. The van der Waals surface area contributed by atoms with Gasteiger partial charge in [-0.1, -0.05) is 60.7 Å². The number of aryl methyl sites for hydroxylation is 2. The van der Waals surface area contributed by atoms with Gasteiger partial charge in [-0.3, -0.25) is 4.90 Å². The van der Waals surface area contributed by atoms with Crippen LogP contribution in [0.2, 0.25) is 0 Å². The molecule has 0 saturated carbocycles. The smallest absolute Gasteiger partial charge is 0.410 e. The van der Waals surface area contributed by atoms with Crippen LogP contribution in [0.25, 0.3) is 0 Å². The highest BCUT2D eigenvalue weighted by atomic mass is 16.6. The highest BCUT2D eigenvalue weighted by molar-refractivity contribution is 5.69. The fourth-order valence-electron chi connectivity index (χ4n) is 4.26. The van der Waals surface area contributed by atoms with E-state index < -0.39 is 5.60 Å². The number of rotatable bonds is 6. The van der Waals surface area contributed by atoms with Crippen molar-refractivity contribution in [1.82, 2.24) is 20.1 Å². The Kier molecular flexibility index (Phi) is 6.58. The third kappa shape index (κ3) is 5.55. The molecule has 0 unspecified atom stereocenters. The average molecular weight is 433 g/mol. The number of aromatic nitrogens is 3. The molecule has 2 heterocycles. The first-order chi connectivity index (χ1) is 15.4.